The Kier molecular flexibility index (Phi) is 5.09. The number of rotatable bonds is 5. The van der Waals surface area contributed by atoms with Gasteiger partial charge in [0.05, 0.1) is 29.4 Å². The first-order chi connectivity index (χ1) is 15.1. The van der Waals surface area contributed by atoms with Crippen LogP contribution in [0.4, 0.5) is 0 Å². The van der Waals surface area contributed by atoms with E-state index in [1.165, 1.54) is 22.2 Å². The molecule has 9 heteroatoms. The van der Waals surface area contributed by atoms with Crippen molar-refractivity contribution in [2.45, 2.75) is 17.5 Å². The van der Waals surface area contributed by atoms with Crippen molar-refractivity contribution in [2.24, 2.45) is 0 Å². The molecule has 1 aromatic carbocycles. The second-order valence-electron chi connectivity index (χ2n) is 6.83. The zero-order chi connectivity index (χ0) is 21.4. The van der Waals surface area contributed by atoms with Gasteiger partial charge < -0.3 is 4.42 Å². The van der Waals surface area contributed by atoms with Crippen molar-refractivity contribution in [3.8, 4) is 0 Å². The first kappa shape index (κ1) is 19.6. The highest BCUT2D eigenvalue weighted by Crippen LogP contribution is 2.23. The summed E-state index contributed by atoms with van der Waals surface area (Å²) in [6.45, 7) is 0.244. The first-order valence-electron chi connectivity index (χ1n) is 9.41. The fourth-order valence-corrected chi connectivity index (χ4v) is 4.35. The maximum atomic E-state index is 13.2. The third-order valence-corrected chi connectivity index (χ3v) is 5.99. The SMILES string of the molecule is O=c1c2ccc(Cl)cc2nc(SCc2cc(=O)n3ccccc3n2)n1Cc1ccco1. The molecule has 0 aliphatic rings. The lowest BCUT2D eigenvalue weighted by Gasteiger charge is -2.12. The molecular formula is C22H15ClN4O3S. The van der Waals surface area contributed by atoms with Crippen molar-refractivity contribution in [1.82, 2.24) is 18.9 Å². The summed E-state index contributed by atoms with van der Waals surface area (Å²) >= 11 is 7.44. The summed E-state index contributed by atoms with van der Waals surface area (Å²) in [4.78, 5) is 34.8. The number of hydrogen-bond acceptors (Lipinski definition) is 6. The summed E-state index contributed by atoms with van der Waals surface area (Å²) in [5, 5.41) is 1.47. The summed E-state index contributed by atoms with van der Waals surface area (Å²) in [5.74, 6) is 1.01. The summed E-state index contributed by atoms with van der Waals surface area (Å²) in [5.41, 5.74) is 1.34. The molecule has 0 fully saturated rings. The van der Waals surface area contributed by atoms with Gasteiger partial charge in [-0.2, -0.15) is 0 Å². The molecule has 4 heterocycles. The smallest absolute Gasteiger partial charge is 0.262 e. The summed E-state index contributed by atoms with van der Waals surface area (Å²) in [6.07, 6.45) is 3.24. The van der Waals surface area contributed by atoms with Crippen LogP contribution in [0.3, 0.4) is 0 Å². The van der Waals surface area contributed by atoms with Crippen molar-refractivity contribution in [3.05, 3.63) is 104 Å². The minimum Gasteiger partial charge on any atom is -0.467 e. The number of furan rings is 1. The van der Waals surface area contributed by atoms with Crippen LogP contribution in [0.1, 0.15) is 11.5 Å². The van der Waals surface area contributed by atoms with Crippen LogP contribution in [0.15, 0.2) is 86.2 Å². The first-order valence-corrected chi connectivity index (χ1v) is 10.8. The number of aromatic nitrogens is 4. The van der Waals surface area contributed by atoms with Gasteiger partial charge in [0.1, 0.15) is 11.4 Å². The highest BCUT2D eigenvalue weighted by Gasteiger charge is 2.14. The number of fused-ring (bicyclic) bond motifs is 2. The van der Waals surface area contributed by atoms with Gasteiger partial charge in [0.25, 0.3) is 11.1 Å². The van der Waals surface area contributed by atoms with E-state index in [1.807, 2.05) is 6.07 Å². The highest BCUT2D eigenvalue weighted by atomic mass is 35.5. The molecule has 0 saturated carbocycles. The lowest BCUT2D eigenvalue weighted by molar-refractivity contribution is 0.476. The van der Waals surface area contributed by atoms with Crippen LogP contribution in [-0.2, 0) is 12.3 Å². The molecule has 0 bridgehead atoms. The topological polar surface area (TPSA) is 82.4 Å². The second kappa shape index (κ2) is 8.05. The van der Waals surface area contributed by atoms with Crippen LogP contribution in [-0.4, -0.2) is 18.9 Å². The van der Waals surface area contributed by atoms with Crippen LogP contribution in [0.2, 0.25) is 5.02 Å². The van der Waals surface area contributed by atoms with Crippen LogP contribution >= 0.6 is 23.4 Å². The van der Waals surface area contributed by atoms with Crippen molar-refractivity contribution in [2.75, 3.05) is 0 Å². The Morgan fingerprint density at radius 3 is 2.77 bits per heavy atom. The van der Waals surface area contributed by atoms with Gasteiger partial charge in [-0.3, -0.25) is 18.6 Å². The van der Waals surface area contributed by atoms with Crippen LogP contribution in [0, 0.1) is 0 Å². The van der Waals surface area contributed by atoms with Gasteiger partial charge in [-0.05, 0) is 42.5 Å². The average molecular weight is 451 g/mol. The van der Waals surface area contributed by atoms with Crippen molar-refractivity contribution in [3.63, 3.8) is 0 Å². The molecule has 0 amide bonds. The number of nitrogens with zero attached hydrogens (tertiary/aromatic N) is 4. The Morgan fingerprint density at radius 2 is 1.94 bits per heavy atom. The zero-order valence-electron chi connectivity index (χ0n) is 16.1. The molecule has 154 valence electrons. The van der Waals surface area contributed by atoms with E-state index < -0.39 is 0 Å². The van der Waals surface area contributed by atoms with Gasteiger partial charge in [-0.15, -0.1) is 0 Å². The minimum atomic E-state index is -0.188. The van der Waals surface area contributed by atoms with E-state index in [2.05, 4.69) is 9.97 Å². The zero-order valence-corrected chi connectivity index (χ0v) is 17.6. The fraction of sp³-hybridized carbons (Fsp3) is 0.0909. The monoisotopic (exact) mass is 450 g/mol. The molecular weight excluding hydrogens is 436 g/mol. The van der Waals surface area contributed by atoms with Gasteiger partial charge >= 0.3 is 0 Å². The standard InChI is InChI=1S/C22H15ClN4O3S/c23-14-6-7-17-18(10-14)25-22(27(21(17)29)12-16-4-3-9-30-16)31-13-15-11-20(28)26-8-2-1-5-19(26)24-15/h1-11H,12-13H2. The molecule has 0 aliphatic carbocycles. The minimum absolute atomic E-state index is 0.160. The number of halogens is 1. The summed E-state index contributed by atoms with van der Waals surface area (Å²) < 4.78 is 8.48. The second-order valence-corrected chi connectivity index (χ2v) is 8.21. The van der Waals surface area contributed by atoms with Gasteiger partial charge in [0, 0.05) is 23.0 Å². The maximum Gasteiger partial charge on any atom is 0.262 e. The van der Waals surface area contributed by atoms with Crippen molar-refractivity contribution >= 4 is 39.9 Å². The molecule has 0 saturated heterocycles. The predicted molar refractivity (Wildman–Crippen MR) is 120 cm³/mol. The maximum absolute atomic E-state index is 13.2. The largest absolute Gasteiger partial charge is 0.467 e. The molecule has 31 heavy (non-hydrogen) atoms. The van der Waals surface area contributed by atoms with E-state index in [9.17, 15) is 9.59 Å². The molecule has 0 atom stereocenters. The van der Waals surface area contributed by atoms with Gasteiger partial charge in [0.15, 0.2) is 5.16 Å². The highest BCUT2D eigenvalue weighted by molar-refractivity contribution is 7.98. The molecule has 5 rings (SSSR count). The molecule has 5 aromatic rings. The lowest BCUT2D eigenvalue weighted by atomic mass is 10.2. The number of thioether (sulfide) groups is 1. The third-order valence-electron chi connectivity index (χ3n) is 4.75. The van der Waals surface area contributed by atoms with Crippen molar-refractivity contribution in [1.29, 1.82) is 0 Å². The fourth-order valence-electron chi connectivity index (χ4n) is 3.30. The molecule has 0 radical (unpaired) electrons. The number of benzene rings is 1. The average Bonchev–Trinajstić information content (AvgIpc) is 3.28. The van der Waals surface area contributed by atoms with E-state index in [1.54, 1.807) is 59.5 Å². The molecule has 0 N–H and O–H groups in total. The van der Waals surface area contributed by atoms with E-state index >= 15 is 0 Å². The Balaban J connectivity index is 1.56. The Hall–Kier alpha value is -3.36. The van der Waals surface area contributed by atoms with Crippen LogP contribution < -0.4 is 11.1 Å². The number of pyridine rings is 1. The summed E-state index contributed by atoms with van der Waals surface area (Å²) in [6, 6.07) is 15.5. The summed E-state index contributed by atoms with van der Waals surface area (Å²) in [7, 11) is 0. The molecule has 0 spiro atoms. The molecule has 0 unspecified atom stereocenters. The van der Waals surface area contributed by atoms with Crippen LogP contribution in [0.25, 0.3) is 16.6 Å². The van der Waals surface area contributed by atoms with Gasteiger partial charge in [0.2, 0.25) is 0 Å². The van der Waals surface area contributed by atoms with E-state index in [-0.39, 0.29) is 17.7 Å². The quantitative estimate of drug-likeness (QED) is 0.297. The van der Waals surface area contributed by atoms with Crippen molar-refractivity contribution < 1.29 is 4.42 Å². The Morgan fingerprint density at radius 1 is 1.03 bits per heavy atom. The lowest BCUT2D eigenvalue weighted by Crippen LogP contribution is -2.24. The van der Waals surface area contributed by atoms with Gasteiger partial charge in [-0.25, -0.2) is 9.97 Å². The van der Waals surface area contributed by atoms with E-state index in [0.717, 1.165) is 0 Å². The normalized spacial score (nSPS) is 11.4. The molecule has 7 nitrogen and oxygen atoms in total. The van der Waals surface area contributed by atoms with Gasteiger partial charge in [-0.1, -0.05) is 29.4 Å². The van der Waals surface area contributed by atoms with E-state index in [4.69, 9.17) is 16.0 Å². The molecule has 0 aliphatic heterocycles. The Bertz CT molecular complexity index is 1530. The third kappa shape index (κ3) is 3.87. The molecule has 4 aromatic heterocycles. The van der Waals surface area contributed by atoms with E-state index in [0.29, 0.717) is 43.9 Å². The number of hydrogen-bond donors (Lipinski definition) is 0. The Labute approximate surface area is 184 Å². The van der Waals surface area contributed by atoms with Crippen LogP contribution in [0.5, 0.6) is 0 Å². The predicted octanol–water partition coefficient (Wildman–Crippen LogP) is 3.99.